The van der Waals surface area contributed by atoms with Crippen LogP contribution in [0.25, 0.3) is 0 Å². The molecular weight excluding hydrogens is 817 g/mol. The van der Waals surface area contributed by atoms with Crippen LogP contribution in [0.5, 0.6) is 0 Å². The Bertz CT molecular complexity index is 1330. The lowest BCUT2D eigenvalue weighted by molar-refractivity contribution is -0.167. The zero-order valence-corrected chi connectivity index (χ0v) is 42.9. The lowest BCUT2D eigenvalue weighted by atomic mass is 10.1. The van der Waals surface area contributed by atoms with Gasteiger partial charge in [-0.25, -0.2) is 0 Å². The van der Waals surface area contributed by atoms with E-state index in [2.05, 4.69) is 118 Å². The second-order valence-corrected chi connectivity index (χ2v) is 17.7. The first-order valence-electron chi connectivity index (χ1n) is 27.2. The Kier molecular flexibility index (Phi) is 50.9. The van der Waals surface area contributed by atoms with Crippen LogP contribution in [0.1, 0.15) is 245 Å². The molecule has 0 spiro atoms. The fourth-order valence-electron chi connectivity index (χ4n) is 7.18. The smallest absolute Gasteiger partial charge is 0.306 e. The minimum atomic E-state index is -0.799. The lowest BCUT2D eigenvalue weighted by Crippen LogP contribution is -2.30. The Morgan fingerprint density at radius 2 is 0.606 bits per heavy atom. The molecule has 0 N–H and O–H groups in total. The summed E-state index contributed by atoms with van der Waals surface area (Å²) in [4.78, 5) is 38.1. The zero-order valence-electron chi connectivity index (χ0n) is 42.9. The quantitative estimate of drug-likeness (QED) is 0.0262. The molecule has 0 fully saturated rings. The molecule has 0 aliphatic carbocycles. The predicted octanol–water partition coefficient (Wildman–Crippen LogP) is 18.1. The van der Waals surface area contributed by atoms with Gasteiger partial charge < -0.3 is 14.2 Å². The second kappa shape index (κ2) is 53.9. The van der Waals surface area contributed by atoms with E-state index in [0.29, 0.717) is 19.3 Å². The maximum atomic E-state index is 12.8. The van der Waals surface area contributed by atoms with Crippen LogP contribution in [0.4, 0.5) is 0 Å². The molecule has 66 heavy (non-hydrogen) atoms. The van der Waals surface area contributed by atoms with Crippen molar-refractivity contribution in [1.29, 1.82) is 0 Å². The number of carbonyl (C=O) groups is 3. The molecule has 1 unspecified atom stereocenters. The molecule has 0 aromatic heterocycles. The maximum absolute atomic E-state index is 12.8. The summed E-state index contributed by atoms with van der Waals surface area (Å²) in [6.07, 6.45) is 71.0. The molecular formula is C60H100O6. The first kappa shape index (κ1) is 62.3. The van der Waals surface area contributed by atoms with Crippen molar-refractivity contribution in [3.8, 4) is 0 Å². The van der Waals surface area contributed by atoms with Gasteiger partial charge in [0.1, 0.15) is 13.2 Å². The largest absolute Gasteiger partial charge is 0.462 e. The summed E-state index contributed by atoms with van der Waals surface area (Å²) in [6.45, 7) is 6.42. The van der Waals surface area contributed by atoms with E-state index in [1.54, 1.807) is 0 Å². The van der Waals surface area contributed by atoms with E-state index >= 15 is 0 Å². The minimum absolute atomic E-state index is 0.0971. The lowest BCUT2D eigenvalue weighted by Gasteiger charge is -2.18. The summed E-state index contributed by atoms with van der Waals surface area (Å²) in [5.74, 6) is -0.940. The summed E-state index contributed by atoms with van der Waals surface area (Å²) in [7, 11) is 0. The third-order valence-corrected chi connectivity index (χ3v) is 11.3. The Morgan fingerprint density at radius 1 is 0.318 bits per heavy atom. The molecule has 0 aliphatic rings. The van der Waals surface area contributed by atoms with Gasteiger partial charge in [-0.3, -0.25) is 14.4 Å². The highest BCUT2D eigenvalue weighted by Crippen LogP contribution is 2.13. The van der Waals surface area contributed by atoms with Gasteiger partial charge in [-0.05, 0) is 116 Å². The first-order chi connectivity index (χ1) is 32.5. The molecule has 0 aliphatic heterocycles. The number of allylic oxidation sites excluding steroid dienone is 16. The summed E-state index contributed by atoms with van der Waals surface area (Å²) in [5.41, 5.74) is 0. The highest BCUT2D eigenvalue weighted by molar-refractivity contribution is 5.71. The van der Waals surface area contributed by atoms with E-state index in [9.17, 15) is 14.4 Å². The van der Waals surface area contributed by atoms with E-state index in [0.717, 1.165) is 141 Å². The van der Waals surface area contributed by atoms with Crippen molar-refractivity contribution < 1.29 is 28.6 Å². The van der Waals surface area contributed by atoms with Crippen LogP contribution >= 0.6 is 0 Å². The topological polar surface area (TPSA) is 78.9 Å². The average Bonchev–Trinajstić information content (AvgIpc) is 3.31. The number of unbranched alkanes of at least 4 members (excludes halogenated alkanes) is 21. The second-order valence-electron chi connectivity index (χ2n) is 17.7. The van der Waals surface area contributed by atoms with Crippen LogP contribution in [0.15, 0.2) is 97.2 Å². The molecule has 1 atom stereocenters. The molecule has 0 saturated carbocycles. The molecule has 0 radical (unpaired) electrons. The van der Waals surface area contributed by atoms with Crippen molar-refractivity contribution in [2.24, 2.45) is 0 Å². The van der Waals surface area contributed by atoms with E-state index < -0.39 is 6.10 Å². The molecule has 0 aromatic rings. The molecule has 0 bridgehead atoms. The third kappa shape index (κ3) is 51.3. The Morgan fingerprint density at radius 3 is 0.970 bits per heavy atom. The molecule has 0 saturated heterocycles. The first-order valence-corrected chi connectivity index (χ1v) is 27.2. The number of hydrogen-bond donors (Lipinski definition) is 0. The van der Waals surface area contributed by atoms with Crippen molar-refractivity contribution in [2.45, 2.75) is 252 Å². The fraction of sp³-hybridized carbons (Fsp3) is 0.683. The van der Waals surface area contributed by atoms with Gasteiger partial charge in [0.2, 0.25) is 0 Å². The van der Waals surface area contributed by atoms with Gasteiger partial charge in [0.05, 0.1) is 0 Å². The number of carbonyl (C=O) groups excluding carboxylic acids is 3. The van der Waals surface area contributed by atoms with Crippen molar-refractivity contribution in [3.05, 3.63) is 97.2 Å². The number of rotatable bonds is 48. The van der Waals surface area contributed by atoms with E-state index in [1.165, 1.54) is 64.2 Å². The van der Waals surface area contributed by atoms with Crippen molar-refractivity contribution >= 4 is 17.9 Å². The van der Waals surface area contributed by atoms with Gasteiger partial charge >= 0.3 is 17.9 Å². The van der Waals surface area contributed by atoms with Crippen LogP contribution in [0.3, 0.4) is 0 Å². The fourth-order valence-corrected chi connectivity index (χ4v) is 7.18. The molecule has 0 amide bonds. The van der Waals surface area contributed by atoms with Crippen LogP contribution in [-0.2, 0) is 28.6 Å². The summed E-state index contributed by atoms with van der Waals surface area (Å²) in [6, 6.07) is 0. The van der Waals surface area contributed by atoms with Gasteiger partial charge in [0, 0.05) is 19.3 Å². The predicted molar refractivity (Wildman–Crippen MR) is 284 cm³/mol. The van der Waals surface area contributed by atoms with Crippen molar-refractivity contribution in [2.75, 3.05) is 13.2 Å². The Hall–Kier alpha value is -3.67. The number of esters is 3. The number of hydrogen-bond acceptors (Lipinski definition) is 6. The van der Waals surface area contributed by atoms with Crippen molar-refractivity contribution in [3.63, 3.8) is 0 Å². The van der Waals surface area contributed by atoms with Crippen LogP contribution in [-0.4, -0.2) is 37.2 Å². The summed E-state index contributed by atoms with van der Waals surface area (Å²) in [5, 5.41) is 0. The Balaban J connectivity index is 4.45. The van der Waals surface area contributed by atoms with Crippen LogP contribution in [0.2, 0.25) is 0 Å². The molecule has 0 rings (SSSR count). The monoisotopic (exact) mass is 917 g/mol. The van der Waals surface area contributed by atoms with E-state index in [1.807, 2.05) is 0 Å². The minimum Gasteiger partial charge on any atom is -0.462 e. The van der Waals surface area contributed by atoms with E-state index in [-0.39, 0.29) is 31.1 Å². The van der Waals surface area contributed by atoms with Gasteiger partial charge in [-0.2, -0.15) is 0 Å². The maximum Gasteiger partial charge on any atom is 0.306 e. The summed E-state index contributed by atoms with van der Waals surface area (Å²) < 4.78 is 16.8. The standard InChI is InChI=1S/C60H100O6/c1-4-7-10-13-16-19-22-25-28-29-30-31-33-35-38-41-44-47-50-53-59(62)65-56-57(55-64-58(61)52-49-46-43-40-37-34-27-24-21-18-15-12-9-6-3)66-60(63)54-51-48-45-42-39-36-32-26-23-20-17-14-11-8-5-2/h8,11,15-20,24-28,30-32,57H,4-7,9-10,12-14,21-23,29,33-56H2,1-3H3/b11-8-,18-15-,19-16-,20-17-,27-24-,28-25-,31-30-,32-26-. The Labute approximate surface area is 407 Å². The van der Waals surface area contributed by atoms with Crippen molar-refractivity contribution in [1.82, 2.24) is 0 Å². The molecule has 6 heteroatoms. The number of ether oxygens (including phenoxy) is 3. The third-order valence-electron chi connectivity index (χ3n) is 11.3. The van der Waals surface area contributed by atoms with Gasteiger partial charge in [-0.1, -0.05) is 208 Å². The highest BCUT2D eigenvalue weighted by atomic mass is 16.6. The summed E-state index contributed by atoms with van der Waals surface area (Å²) >= 11 is 0. The zero-order chi connectivity index (χ0) is 47.9. The van der Waals surface area contributed by atoms with Gasteiger partial charge in [0.25, 0.3) is 0 Å². The van der Waals surface area contributed by atoms with Crippen LogP contribution in [0, 0.1) is 0 Å². The SMILES string of the molecule is CC/C=C\C/C=C\C/C=C\CCCCCCCC(=O)OC(COC(=O)CCCCCCC/C=C\C/C=C\CCCC)COC(=O)CCCCCCCC/C=C\C/C=C\C/C=C\CCCCC. The molecule has 6 nitrogen and oxygen atoms in total. The molecule has 0 aromatic carbocycles. The average molecular weight is 917 g/mol. The highest BCUT2D eigenvalue weighted by Gasteiger charge is 2.19. The van der Waals surface area contributed by atoms with Crippen LogP contribution < -0.4 is 0 Å². The normalized spacial score (nSPS) is 12.8. The molecule has 376 valence electrons. The molecule has 0 heterocycles. The van der Waals surface area contributed by atoms with Gasteiger partial charge in [-0.15, -0.1) is 0 Å². The van der Waals surface area contributed by atoms with E-state index in [4.69, 9.17) is 14.2 Å². The van der Waals surface area contributed by atoms with Gasteiger partial charge in [0.15, 0.2) is 6.10 Å².